The van der Waals surface area contributed by atoms with Gasteiger partial charge in [0.05, 0.1) is 18.5 Å². The van der Waals surface area contributed by atoms with Gasteiger partial charge in [0, 0.05) is 56.1 Å². The Hall–Kier alpha value is -5.09. The molecule has 1 heterocycles. The Balaban J connectivity index is 1.50. The zero-order valence-electron chi connectivity index (χ0n) is 28.7. The lowest BCUT2D eigenvalue weighted by atomic mass is 9.91. The lowest BCUT2D eigenvalue weighted by Gasteiger charge is -2.40. The average Bonchev–Trinajstić information content (AvgIpc) is 3.06. The van der Waals surface area contributed by atoms with E-state index in [4.69, 9.17) is 9.47 Å². The molecule has 1 aliphatic rings. The number of hydrogen-bond acceptors (Lipinski definition) is 7. The molecule has 0 spiro atoms. The summed E-state index contributed by atoms with van der Waals surface area (Å²) in [6.07, 6.45) is -0.464. The average molecular weight is 654 g/mol. The summed E-state index contributed by atoms with van der Waals surface area (Å²) in [7, 11) is 7.26. The molecule has 0 aliphatic carbocycles. The van der Waals surface area contributed by atoms with E-state index in [1.54, 1.807) is 42.2 Å². The van der Waals surface area contributed by atoms with E-state index in [0.717, 1.165) is 33.5 Å². The first kappa shape index (κ1) is 34.3. The molecule has 252 valence electrons. The van der Waals surface area contributed by atoms with E-state index in [1.807, 2.05) is 88.3 Å². The van der Waals surface area contributed by atoms with Gasteiger partial charge >= 0.3 is 6.09 Å². The smallest absolute Gasteiger partial charge is 0.415 e. The van der Waals surface area contributed by atoms with Gasteiger partial charge in [-0.25, -0.2) is 9.18 Å². The molecule has 5 rings (SSSR count). The van der Waals surface area contributed by atoms with Gasteiger partial charge in [-0.1, -0.05) is 42.5 Å². The number of anilines is 3. The summed E-state index contributed by atoms with van der Waals surface area (Å²) < 4.78 is 25.9. The van der Waals surface area contributed by atoms with Crippen LogP contribution in [0.5, 0.6) is 11.5 Å². The van der Waals surface area contributed by atoms with Crippen molar-refractivity contribution in [1.82, 2.24) is 9.80 Å². The van der Waals surface area contributed by atoms with E-state index in [1.165, 1.54) is 12.1 Å². The number of ether oxygens (including phenoxy) is 2. The zero-order chi connectivity index (χ0) is 34.6. The number of carbonyl (C=O) groups excluding carboxylic acids is 2. The predicted molar refractivity (Wildman–Crippen MR) is 189 cm³/mol. The molecule has 0 saturated carbocycles. The second kappa shape index (κ2) is 14.4. The highest BCUT2D eigenvalue weighted by atomic mass is 19.1. The molecule has 0 bridgehead atoms. The predicted octanol–water partition coefficient (Wildman–Crippen LogP) is 7.15. The van der Waals surface area contributed by atoms with Crippen molar-refractivity contribution in [2.45, 2.75) is 39.4 Å². The topological polar surface area (TPSA) is 86.4 Å². The van der Waals surface area contributed by atoms with Gasteiger partial charge in [0.1, 0.15) is 22.9 Å². The molecule has 0 radical (unpaired) electrons. The molecular weight excluding hydrogens is 609 g/mol. The van der Waals surface area contributed by atoms with Crippen molar-refractivity contribution >= 4 is 29.1 Å². The van der Waals surface area contributed by atoms with E-state index in [9.17, 15) is 14.0 Å². The number of halogens is 1. The zero-order valence-corrected chi connectivity index (χ0v) is 28.7. The standard InChI is InChI=1S/C38H44FN5O4/c1-25-13-14-27(39)21-33(25)40-23-31-29(17-18-32-35(31)43(6)36(45)38(2,3)41-32)30-16-15-28(22-34(30)47-7)48-37(46)44(20-19-42(4)5)24-26-11-9-8-10-12-26/h8-18,21-22,40-41H,19-20,23-24H2,1-7H3. The highest BCUT2D eigenvalue weighted by Gasteiger charge is 2.38. The summed E-state index contributed by atoms with van der Waals surface area (Å²) in [4.78, 5) is 32.2. The monoisotopic (exact) mass is 653 g/mol. The van der Waals surface area contributed by atoms with Crippen molar-refractivity contribution in [3.63, 3.8) is 0 Å². The van der Waals surface area contributed by atoms with Crippen molar-refractivity contribution in [1.29, 1.82) is 0 Å². The Morgan fingerprint density at radius 2 is 1.71 bits per heavy atom. The Bertz CT molecular complexity index is 1790. The number of methoxy groups -OCH3 is 1. The number of likely N-dealkylation sites (N-methyl/N-ethyl adjacent to an activating group) is 2. The van der Waals surface area contributed by atoms with Crippen molar-refractivity contribution < 1.29 is 23.5 Å². The molecule has 0 aromatic heterocycles. The van der Waals surface area contributed by atoms with Gasteiger partial charge in [-0.15, -0.1) is 0 Å². The number of nitrogens with one attached hydrogen (secondary N) is 2. The van der Waals surface area contributed by atoms with Crippen LogP contribution in [-0.2, 0) is 17.9 Å². The lowest BCUT2D eigenvalue weighted by molar-refractivity contribution is -0.121. The van der Waals surface area contributed by atoms with Crippen LogP contribution in [0, 0.1) is 12.7 Å². The minimum Gasteiger partial charge on any atom is -0.496 e. The molecular formula is C38H44FN5O4. The fourth-order valence-corrected chi connectivity index (χ4v) is 5.91. The first-order valence-electron chi connectivity index (χ1n) is 15.9. The van der Waals surface area contributed by atoms with E-state index < -0.39 is 11.6 Å². The van der Waals surface area contributed by atoms with Crippen LogP contribution in [0.15, 0.2) is 78.9 Å². The molecule has 0 fully saturated rings. The molecule has 48 heavy (non-hydrogen) atoms. The summed E-state index contributed by atoms with van der Waals surface area (Å²) in [5.41, 5.74) is 5.64. The van der Waals surface area contributed by atoms with Gasteiger partial charge in [-0.05, 0) is 81.9 Å². The Morgan fingerprint density at radius 3 is 2.42 bits per heavy atom. The highest BCUT2D eigenvalue weighted by molar-refractivity contribution is 6.09. The van der Waals surface area contributed by atoms with Crippen molar-refractivity contribution in [3.05, 3.63) is 101 Å². The molecule has 2 N–H and O–H groups in total. The number of nitrogens with zero attached hydrogens (tertiary/aromatic N) is 3. The summed E-state index contributed by atoms with van der Waals surface area (Å²) in [6.45, 7) is 7.48. The quantitative estimate of drug-likeness (QED) is 0.178. The number of benzene rings is 4. The number of aryl methyl sites for hydroxylation is 1. The maximum atomic E-state index is 14.2. The Morgan fingerprint density at radius 1 is 0.979 bits per heavy atom. The SMILES string of the molecule is COc1cc(OC(=O)N(CCN(C)C)Cc2ccccc2)ccc1-c1ccc2c(c1CNc1cc(F)ccc1C)N(C)C(=O)C(C)(C)N2. The molecule has 0 saturated heterocycles. The van der Waals surface area contributed by atoms with Crippen LogP contribution in [0.4, 0.5) is 26.2 Å². The van der Waals surface area contributed by atoms with Crippen LogP contribution in [0.25, 0.3) is 11.1 Å². The minimum absolute atomic E-state index is 0.0844. The van der Waals surface area contributed by atoms with Crippen molar-refractivity contribution in [2.75, 3.05) is 56.9 Å². The molecule has 2 amide bonds. The van der Waals surface area contributed by atoms with Crippen molar-refractivity contribution in [3.8, 4) is 22.6 Å². The minimum atomic E-state index is -0.794. The van der Waals surface area contributed by atoms with Crippen LogP contribution < -0.4 is 25.0 Å². The van der Waals surface area contributed by atoms with Crippen molar-refractivity contribution in [2.24, 2.45) is 0 Å². The van der Waals surface area contributed by atoms with Crippen LogP contribution in [0.2, 0.25) is 0 Å². The molecule has 0 unspecified atom stereocenters. The Kier molecular flexibility index (Phi) is 10.2. The highest BCUT2D eigenvalue weighted by Crippen LogP contribution is 2.45. The van der Waals surface area contributed by atoms with E-state index >= 15 is 0 Å². The molecule has 10 heteroatoms. The van der Waals surface area contributed by atoms with Gasteiger partial charge in [0.2, 0.25) is 0 Å². The van der Waals surface area contributed by atoms with Gasteiger partial charge < -0.3 is 34.8 Å². The van der Waals surface area contributed by atoms with E-state index in [0.29, 0.717) is 49.1 Å². The first-order chi connectivity index (χ1) is 22.9. The van der Waals surface area contributed by atoms with Gasteiger partial charge in [0.25, 0.3) is 5.91 Å². The third-order valence-corrected chi connectivity index (χ3v) is 8.52. The fraction of sp³-hybridized carbons (Fsp3) is 0.316. The number of rotatable bonds is 11. The van der Waals surface area contributed by atoms with Crippen LogP contribution in [0.3, 0.4) is 0 Å². The molecule has 1 aliphatic heterocycles. The Labute approximate surface area is 282 Å². The summed E-state index contributed by atoms with van der Waals surface area (Å²) >= 11 is 0. The summed E-state index contributed by atoms with van der Waals surface area (Å²) in [6, 6.07) is 23.6. The van der Waals surface area contributed by atoms with Crippen LogP contribution >= 0.6 is 0 Å². The molecule has 4 aromatic rings. The fourth-order valence-electron chi connectivity index (χ4n) is 5.91. The van der Waals surface area contributed by atoms with Crippen LogP contribution in [-0.4, -0.2) is 68.7 Å². The molecule has 0 atom stereocenters. The maximum absolute atomic E-state index is 14.2. The second-order valence-electron chi connectivity index (χ2n) is 12.9. The third-order valence-electron chi connectivity index (χ3n) is 8.52. The van der Waals surface area contributed by atoms with Crippen LogP contribution in [0.1, 0.15) is 30.5 Å². The van der Waals surface area contributed by atoms with Gasteiger partial charge in [-0.2, -0.15) is 0 Å². The summed E-state index contributed by atoms with van der Waals surface area (Å²) in [5.74, 6) is 0.403. The van der Waals surface area contributed by atoms with E-state index in [-0.39, 0.29) is 11.7 Å². The number of fused-ring (bicyclic) bond motifs is 1. The third kappa shape index (κ3) is 7.55. The summed E-state index contributed by atoms with van der Waals surface area (Å²) in [5, 5.41) is 6.77. The largest absolute Gasteiger partial charge is 0.496 e. The normalized spacial score (nSPS) is 13.5. The molecule has 4 aromatic carbocycles. The van der Waals surface area contributed by atoms with Gasteiger partial charge in [0.15, 0.2) is 0 Å². The lowest BCUT2D eigenvalue weighted by Crippen LogP contribution is -2.52. The number of hydrogen-bond donors (Lipinski definition) is 2. The molecule has 9 nitrogen and oxygen atoms in total. The number of carbonyl (C=O) groups is 2. The first-order valence-corrected chi connectivity index (χ1v) is 15.9. The second-order valence-corrected chi connectivity index (χ2v) is 12.9. The van der Waals surface area contributed by atoms with Gasteiger partial charge in [-0.3, -0.25) is 4.79 Å². The van der Waals surface area contributed by atoms with E-state index in [2.05, 4.69) is 10.6 Å². The number of amides is 2. The maximum Gasteiger partial charge on any atom is 0.415 e.